The maximum Gasteiger partial charge on any atom is 0.0707 e. The van der Waals surface area contributed by atoms with Crippen molar-refractivity contribution in [1.29, 1.82) is 0 Å². The van der Waals surface area contributed by atoms with Crippen molar-refractivity contribution in [3.63, 3.8) is 0 Å². The van der Waals surface area contributed by atoms with Gasteiger partial charge in [0.1, 0.15) is 0 Å². The van der Waals surface area contributed by atoms with Crippen LogP contribution in [0.15, 0.2) is 0 Å². The second-order valence-electron chi connectivity index (χ2n) is 7.14. The van der Waals surface area contributed by atoms with E-state index in [-0.39, 0.29) is 0 Å². The van der Waals surface area contributed by atoms with E-state index in [2.05, 4.69) is 51.9 Å². The molecule has 1 fully saturated rings. The van der Waals surface area contributed by atoms with Crippen LogP contribution in [0.25, 0.3) is 0 Å². The highest BCUT2D eigenvalue weighted by atomic mass is 16.5. The van der Waals surface area contributed by atoms with Crippen LogP contribution in [-0.4, -0.2) is 49.8 Å². The van der Waals surface area contributed by atoms with Gasteiger partial charge in [0.05, 0.1) is 12.2 Å². The van der Waals surface area contributed by atoms with E-state index in [1.807, 2.05) is 0 Å². The second kappa shape index (κ2) is 7.61. The van der Waals surface area contributed by atoms with Crippen molar-refractivity contribution in [2.75, 3.05) is 26.7 Å². The highest BCUT2D eigenvalue weighted by Crippen LogP contribution is 2.25. The smallest absolute Gasteiger partial charge is 0.0707 e. The minimum absolute atomic E-state index is 0.329. The van der Waals surface area contributed by atoms with Gasteiger partial charge in [-0.05, 0) is 45.2 Å². The fourth-order valence-electron chi connectivity index (χ4n) is 2.64. The molecule has 3 nitrogen and oxygen atoms in total. The van der Waals surface area contributed by atoms with Crippen LogP contribution in [-0.2, 0) is 4.74 Å². The molecule has 3 unspecified atom stereocenters. The van der Waals surface area contributed by atoms with E-state index in [1.54, 1.807) is 0 Å². The third-order valence-electron chi connectivity index (χ3n) is 4.40. The lowest BCUT2D eigenvalue weighted by Crippen LogP contribution is -2.43. The molecule has 19 heavy (non-hydrogen) atoms. The Bertz CT molecular complexity index is 250. The van der Waals surface area contributed by atoms with Gasteiger partial charge in [0.2, 0.25) is 0 Å². The molecule has 1 aliphatic rings. The summed E-state index contributed by atoms with van der Waals surface area (Å²) in [6.45, 7) is 14.6. The highest BCUT2D eigenvalue weighted by molar-refractivity contribution is 4.82. The lowest BCUT2D eigenvalue weighted by molar-refractivity contribution is 0.0111. The van der Waals surface area contributed by atoms with Crippen molar-refractivity contribution in [3.8, 4) is 0 Å². The molecule has 0 aromatic carbocycles. The van der Waals surface area contributed by atoms with Gasteiger partial charge in [0, 0.05) is 19.1 Å². The molecule has 1 rings (SSSR count). The molecule has 3 atom stereocenters. The Hall–Kier alpha value is -0.120. The molecule has 0 bridgehead atoms. The molecule has 0 saturated carbocycles. The monoisotopic (exact) mass is 270 g/mol. The maximum absolute atomic E-state index is 6.14. The number of likely N-dealkylation sites (N-methyl/N-ethyl adjacent to an activating group) is 1. The minimum Gasteiger partial charge on any atom is -0.372 e. The Morgan fingerprint density at radius 3 is 2.47 bits per heavy atom. The quantitative estimate of drug-likeness (QED) is 0.720. The van der Waals surface area contributed by atoms with Gasteiger partial charge >= 0.3 is 0 Å². The largest absolute Gasteiger partial charge is 0.372 e. The number of rotatable bonds is 7. The zero-order valence-electron chi connectivity index (χ0n) is 13.8. The van der Waals surface area contributed by atoms with Gasteiger partial charge in [0.15, 0.2) is 0 Å². The van der Waals surface area contributed by atoms with Crippen LogP contribution in [0.5, 0.6) is 0 Å². The number of nitrogens with zero attached hydrogens (tertiary/aromatic N) is 1. The molecule has 1 heterocycles. The molecule has 0 spiro atoms. The number of nitrogens with one attached hydrogen (secondary N) is 1. The molecule has 1 aliphatic heterocycles. The molecule has 0 aromatic heterocycles. The van der Waals surface area contributed by atoms with Crippen molar-refractivity contribution < 1.29 is 4.74 Å². The minimum atomic E-state index is 0.329. The Morgan fingerprint density at radius 1 is 1.26 bits per heavy atom. The summed E-state index contributed by atoms with van der Waals surface area (Å²) in [5, 5.41) is 3.46. The van der Waals surface area contributed by atoms with Crippen molar-refractivity contribution in [2.24, 2.45) is 5.41 Å². The average molecular weight is 270 g/mol. The summed E-state index contributed by atoms with van der Waals surface area (Å²) in [6, 6.07) is 0.577. The second-order valence-corrected chi connectivity index (χ2v) is 7.14. The maximum atomic E-state index is 6.14. The van der Waals surface area contributed by atoms with E-state index in [4.69, 9.17) is 4.74 Å². The van der Waals surface area contributed by atoms with Crippen LogP contribution in [0.2, 0.25) is 0 Å². The average Bonchev–Trinajstić information content (AvgIpc) is 2.75. The van der Waals surface area contributed by atoms with E-state index in [0.29, 0.717) is 23.7 Å². The highest BCUT2D eigenvalue weighted by Gasteiger charge is 2.29. The SMILES string of the molecule is CCCNCC1CCC(CN(C)C(C)C(C)(C)C)O1. The summed E-state index contributed by atoms with van der Waals surface area (Å²) in [7, 11) is 2.22. The molecule has 114 valence electrons. The zero-order chi connectivity index (χ0) is 14.5. The third-order valence-corrected chi connectivity index (χ3v) is 4.40. The lowest BCUT2D eigenvalue weighted by Gasteiger charge is -2.36. The van der Waals surface area contributed by atoms with Crippen LogP contribution < -0.4 is 5.32 Å². The van der Waals surface area contributed by atoms with Crippen LogP contribution in [0.3, 0.4) is 0 Å². The molecule has 1 saturated heterocycles. The van der Waals surface area contributed by atoms with Gasteiger partial charge in [-0.25, -0.2) is 0 Å². The van der Waals surface area contributed by atoms with E-state index in [1.165, 1.54) is 19.3 Å². The molecule has 0 amide bonds. The van der Waals surface area contributed by atoms with Gasteiger partial charge in [0.25, 0.3) is 0 Å². The van der Waals surface area contributed by atoms with Crippen LogP contribution in [0, 0.1) is 5.41 Å². The van der Waals surface area contributed by atoms with E-state index >= 15 is 0 Å². The van der Waals surface area contributed by atoms with E-state index in [9.17, 15) is 0 Å². The van der Waals surface area contributed by atoms with Gasteiger partial charge in [-0.1, -0.05) is 27.7 Å². The summed E-state index contributed by atoms with van der Waals surface area (Å²) in [4.78, 5) is 2.45. The van der Waals surface area contributed by atoms with E-state index in [0.717, 1.165) is 19.6 Å². The molecular weight excluding hydrogens is 236 g/mol. The predicted octanol–water partition coefficient (Wildman–Crippen LogP) is 2.90. The Labute approximate surface area is 120 Å². The van der Waals surface area contributed by atoms with Gasteiger partial charge in [-0.3, -0.25) is 0 Å². The van der Waals surface area contributed by atoms with Crippen molar-refractivity contribution in [2.45, 2.75) is 72.1 Å². The summed E-state index contributed by atoms with van der Waals surface area (Å²) >= 11 is 0. The fourth-order valence-corrected chi connectivity index (χ4v) is 2.64. The first kappa shape index (κ1) is 16.9. The van der Waals surface area contributed by atoms with E-state index < -0.39 is 0 Å². The molecular formula is C16H34N2O. The molecule has 0 radical (unpaired) electrons. The molecule has 0 aliphatic carbocycles. The van der Waals surface area contributed by atoms with Crippen LogP contribution in [0.4, 0.5) is 0 Å². The van der Waals surface area contributed by atoms with Crippen LogP contribution in [0.1, 0.15) is 53.9 Å². The van der Waals surface area contributed by atoms with Gasteiger partial charge in [-0.2, -0.15) is 0 Å². The van der Waals surface area contributed by atoms with Gasteiger partial charge < -0.3 is 15.0 Å². The molecule has 1 N–H and O–H groups in total. The summed E-state index contributed by atoms with van der Waals surface area (Å²) in [5.41, 5.74) is 0.329. The summed E-state index contributed by atoms with van der Waals surface area (Å²) < 4.78 is 6.14. The van der Waals surface area contributed by atoms with Gasteiger partial charge in [-0.15, -0.1) is 0 Å². The molecule has 0 aromatic rings. The summed E-state index contributed by atoms with van der Waals surface area (Å²) in [6.07, 6.45) is 4.46. The normalized spacial score (nSPS) is 26.1. The first-order valence-corrected chi connectivity index (χ1v) is 7.91. The number of ether oxygens (including phenoxy) is 1. The number of hydrogen-bond acceptors (Lipinski definition) is 3. The van der Waals surface area contributed by atoms with Crippen LogP contribution >= 0.6 is 0 Å². The lowest BCUT2D eigenvalue weighted by atomic mass is 9.87. The van der Waals surface area contributed by atoms with Crippen molar-refractivity contribution in [1.82, 2.24) is 10.2 Å². The van der Waals surface area contributed by atoms with Crippen molar-refractivity contribution in [3.05, 3.63) is 0 Å². The first-order valence-electron chi connectivity index (χ1n) is 7.91. The Balaban J connectivity index is 2.28. The topological polar surface area (TPSA) is 24.5 Å². The fraction of sp³-hybridized carbons (Fsp3) is 1.00. The number of hydrogen-bond donors (Lipinski definition) is 1. The van der Waals surface area contributed by atoms with Crippen molar-refractivity contribution >= 4 is 0 Å². The first-order chi connectivity index (χ1) is 8.84. The standard InChI is InChI=1S/C16H34N2O/c1-7-10-17-11-14-8-9-15(19-14)12-18(6)13(2)16(3,4)5/h13-15,17H,7-12H2,1-6H3. The summed E-state index contributed by atoms with van der Waals surface area (Å²) in [5.74, 6) is 0. The zero-order valence-corrected chi connectivity index (χ0v) is 13.8. The Kier molecular flexibility index (Phi) is 6.78. The Morgan fingerprint density at radius 2 is 1.89 bits per heavy atom. The predicted molar refractivity (Wildman–Crippen MR) is 82.6 cm³/mol. The third kappa shape index (κ3) is 5.80. The molecule has 3 heteroatoms.